The van der Waals surface area contributed by atoms with Crippen LogP contribution in [0.3, 0.4) is 0 Å². The molecule has 0 aromatic heterocycles. The number of alkyl halides is 6. The number of benzene rings is 3. The summed E-state index contributed by atoms with van der Waals surface area (Å²) in [4.78, 5) is 0. The Kier molecular flexibility index (Phi) is 8.07. The molecule has 0 unspecified atom stereocenters. The van der Waals surface area contributed by atoms with E-state index in [1.54, 1.807) is 48.6 Å². The highest BCUT2D eigenvalue weighted by atomic mass is 19.4. The molecule has 2 aliphatic carbocycles. The summed E-state index contributed by atoms with van der Waals surface area (Å²) in [5.74, 6) is 0. The third kappa shape index (κ3) is 5.06. The van der Waals surface area contributed by atoms with E-state index in [4.69, 9.17) is 0 Å². The summed E-state index contributed by atoms with van der Waals surface area (Å²) in [5, 5.41) is 78.7. The number of nitriles is 8. The second-order valence-electron chi connectivity index (χ2n) is 10.4. The topological polar surface area (TPSA) is 190 Å². The molecular weight excluding hydrogens is 658 g/mol. The van der Waals surface area contributed by atoms with Crippen molar-refractivity contribution < 1.29 is 26.3 Å². The van der Waals surface area contributed by atoms with Crippen molar-refractivity contribution in [1.82, 2.24) is 0 Å². The van der Waals surface area contributed by atoms with Crippen molar-refractivity contribution in [3.63, 3.8) is 0 Å². The molecule has 3 aromatic carbocycles. The standard InChI is InChI=1S/C36H8F6N8/c37-35(38,39)29-5-17(9-43)1-3-21(29)33-27(15-49)23-7-26-24(8-25(23)31(33)19(11-45)12-46)28(16-50)34(32(26)20(13-47)14-48)22-4-2-18(10-44)6-30(22)36(40,41)42/h1-8H. The van der Waals surface area contributed by atoms with E-state index in [1.807, 2.05) is 0 Å². The van der Waals surface area contributed by atoms with Gasteiger partial charge in [0, 0.05) is 33.4 Å². The number of hydrogen-bond donors (Lipinski definition) is 0. The first-order chi connectivity index (χ1) is 23.7. The van der Waals surface area contributed by atoms with Crippen LogP contribution >= 0.6 is 0 Å². The lowest BCUT2D eigenvalue weighted by atomic mass is 9.88. The molecule has 2 aliphatic rings. The average Bonchev–Trinajstić information content (AvgIpc) is 3.58. The molecule has 8 nitrogen and oxygen atoms in total. The van der Waals surface area contributed by atoms with Crippen LogP contribution in [0, 0.1) is 90.6 Å². The molecule has 0 atom stereocenters. The quantitative estimate of drug-likeness (QED) is 0.194. The van der Waals surface area contributed by atoms with Crippen LogP contribution in [-0.4, -0.2) is 0 Å². The molecule has 0 amide bonds. The first kappa shape index (κ1) is 33.5. The molecule has 0 saturated heterocycles. The Balaban J connectivity index is 1.98. The van der Waals surface area contributed by atoms with Crippen molar-refractivity contribution in [3.8, 4) is 48.6 Å². The Morgan fingerprint density at radius 2 is 0.760 bits per heavy atom. The monoisotopic (exact) mass is 666 g/mol. The number of rotatable bonds is 2. The van der Waals surface area contributed by atoms with Gasteiger partial charge in [-0.05, 0) is 58.7 Å². The predicted molar refractivity (Wildman–Crippen MR) is 160 cm³/mol. The first-order valence-corrected chi connectivity index (χ1v) is 13.6. The molecule has 0 bridgehead atoms. The average molecular weight is 667 g/mol. The van der Waals surface area contributed by atoms with Gasteiger partial charge in [0.1, 0.15) is 47.6 Å². The zero-order valence-corrected chi connectivity index (χ0v) is 24.5. The van der Waals surface area contributed by atoms with E-state index in [1.165, 1.54) is 0 Å². The Labute approximate surface area is 277 Å². The number of halogens is 6. The van der Waals surface area contributed by atoms with Crippen LogP contribution in [-0.2, 0) is 12.4 Å². The van der Waals surface area contributed by atoms with E-state index < -0.39 is 90.3 Å². The zero-order chi connectivity index (χ0) is 36.7. The molecule has 3 aromatic rings. The third-order valence-electron chi connectivity index (χ3n) is 7.85. The molecule has 0 saturated carbocycles. The number of allylic oxidation sites excluding steroid dienone is 8. The van der Waals surface area contributed by atoms with Gasteiger partial charge in [-0.25, -0.2) is 0 Å². The molecular formula is C36H8F6N8. The predicted octanol–water partition coefficient (Wildman–Crippen LogP) is 7.97. The summed E-state index contributed by atoms with van der Waals surface area (Å²) in [6.07, 6.45) is -10.2. The molecule has 0 radical (unpaired) electrons. The van der Waals surface area contributed by atoms with Gasteiger partial charge in [-0.1, -0.05) is 12.1 Å². The number of fused-ring (bicyclic) bond motifs is 2. The van der Waals surface area contributed by atoms with Crippen LogP contribution in [0.15, 0.2) is 59.7 Å². The summed E-state index contributed by atoms with van der Waals surface area (Å²) in [7, 11) is 0. The highest BCUT2D eigenvalue weighted by Gasteiger charge is 2.43. The second kappa shape index (κ2) is 12.0. The van der Waals surface area contributed by atoms with E-state index in [0.29, 0.717) is 12.1 Å². The molecule has 0 aliphatic heterocycles. The Morgan fingerprint density at radius 3 is 1.02 bits per heavy atom. The molecule has 234 valence electrons. The summed E-state index contributed by atoms with van der Waals surface area (Å²) in [6.45, 7) is 0. The summed E-state index contributed by atoms with van der Waals surface area (Å²) in [5.41, 5.74) is -10.4. The Hall–Kier alpha value is -7.88. The smallest absolute Gasteiger partial charge is 0.192 e. The molecule has 14 heteroatoms. The normalized spacial score (nSPS) is 13.0. The SMILES string of the molecule is N#CC(C#N)=C1C(c2ccc(C#N)cc2C(F)(F)F)=C(C#N)c2cc3c(cc21)C(C#N)=C(c1ccc(C#N)cc1C(F)(F)F)C3=C(C#N)C#N. The minimum atomic E-state index is -5.11. The van der Waals surface area contributed by atoms with Crippen molar-refractivity contribution in [3.05, 3.63) is 115 Å². The van der Waals surface area contributed by atoms with Crippen molar-refractivity contribution in [2.45, 2.75) is 12.4 Å². The van der Waals surface area contributed by atoms with Gasteiger partial charge in [-0.3, -0.25) is 0 Å². The summed E-state index contributed by atoms with van der Waals surface area (Å²) < 4.78 is 86.3. The fraction of sp³-hybridized carbons (Fsp3) is 0.0556. The lowest BCUT2D eigenvalue weighted by Gasteiger charge is -2.16. The summed E-state index contributed by atoms with van der Waals surface area (Å²) >= 11 is 0. The Bertz CT molecular complexity index is 2380. The van der Waals surface area contributed by atoms with Gasteiger partial charge >= 0.3 is 12.4 Å². The van der Waals surface area contributed by atoms with Crippen molar-refractivity contribution in [1.29, 1.82) is 42.1 Å². The molecule has 0 heterocycles. The zero-order valence-electron chi connectivity index (χ0n) is 24.5. The Morgan fingerprint density at radius 1 is 0.420 bits per heavy atom. The maximum atomic E-state index is 14.4. The van der Waals surface area contributed by atoms with Crippen LogP contribution < -0.4 is 0 Å². The molecule has 0 spiro atoms. The highest BCUT2D eigenvalue weighted by molar-refractivity contribution is 6.30. The van der Waals surface area contributed by atoms with E-state index in [-0.39, 0.29) is 22.3 Å². The van der Waals surface area contributed by atoms with Gasteiger partial charge < -0.3 is 0 Å². The van der Waals surface area contributed by atoms with Crippen LogP contribution in [0.2, 0.25) is 0 Å². The summed E-state index contributed by atoms with van der Waals surface area (Å²) in [6, 6.07) is 20.1. The van der Waals surface area contributed by atoms with Crippen LogP contribution in [0.5, 0.6) is 0 Å². The van der Waals surface area contributed by atoms with Gasteiger partial charge in [0.2, 0.25) is 0 Å². The maximum absolute atomic E-state index is 14.4. The van der Waals surface area contributed by atoms with Gasteiger partial charge in [0.25, 0.3) is 0 Å². The van der Waals surface area contributed by atoms with Gasteiger partial charge in [-0.2, -0.15) is 68.4 Å². The fourth-order valence-electron chi connectivity index (χ4n) is 5.91. The number of nitrogens with zero attached hydrogens (tertiary/aromatic N) is 8. The van der Waals surface area contributed by atoms with Gasteiger partial charge in [0.05, 0.1) is 45.5 Å². The van der Waals surface area contributed by atoms with Gasteiger partial charge in [0.15, 0.2) is 0 Å². The van der Waals surface area contributed by atoms with Crippen molar-refractivity contribution in [2.24, 2.45) is 0 Å². The van der Waals surface area contributed by atoms with Crippen molar-refractivity contribution in [2.75, 3.05) is 0 Å². The highest BCUT2D eigenvalue weighted by Crippen LogP contribution is 2.56. The van der Waals surface area contributed by atoms with Crippen LogP contribution in [0.4, 0.5) is 26.3 Å². The van der Waals surface area contributed by atoms with Gasteiger partial charge in [-0.15, -0.1) is 0 Å². The molecule has 5 rings (SSSR count). The molecule has 50 heavy (non-hydrogen) atoms. The minimum Gasteiger partial charge on any atom is -0.192 e. The molecule has 0 fully saturated rings. The molecule has 0 N–H and O–H groups in total. The fourth-order valence-corrected chi connectivity index (χ4v) is 5.91. The lowest BCUT2D eigenvalue weighted by Crippen LogP contribution is -2.10. The van der Waals surface area contributed by atoms with E-state index in [2.05, 4.69) is 0 Å². The number of hydrogen-bond acceptors (Lipinski definition) is 8. The first-order valence-electron chi connectivity index (χ1n) is 13.6. The third-order valence-corrected chi connectivity index (χ3v) is 7.85. The lowest BCUT2D eigenvalue weighted by molar-refractivity contribution is -0.138. The second-order valence-corrected chi connectivity index (χ2v) is 10.4. The minimum absolute atomic E-state index is 0.217. The largest absolute Gasteiger partial charge is 0.417 e. The van der Waals surface area contributed by atoms with E-state index in [9.17, 15) is 68.4 Å². The van der Waals surface area contributed by atoms with E-state index >= 15 is 0 Å². The van der Waals surface area contributed by atoms with E-state index in [0.717, 1.165) is 36.4 Å². The van der Waals surface area contributed by atoms with Crippen LogP contribution in [0.25, 0.3) is 33.4 Å². The maximum Gasteiger partial charge on any atom is 0.417 e. The van der Waals surface area contributed by atoms with Crippen molar-refractivity contribution >= 4 is 33.4 Å². The van der Waals surface area contributed by atoms with Crippen LogP contribution in [0.1, 0.15) is 55.6 Å².